The van der Waals surface area contributed by atoms with Gasteiger partial charge in [0.05, 0.1) is 0 Å². The number of nitrogens with one attached hydrogen (secondary N) is 1. The number of hydrogen-bond acceptors (Lipinski definition) is 3. The van der Waals surface area contributed by atoms with Crippen LogP contribution >= 0.6 is 11.8 Å². The van der Waals surface area contributed by atoms with Crippen LogP contribution in [0.15, 0.2) is 30.3 Å². The van der Waals surface area contributed by atoms with E-state index in [0.717, 1.165) is 5.75 Å². The van der Waals surface area contributed by atoms with Crippen LogP contribution in [-0.4, -0.2) is 35.7 Å². The fourth-order valence-corrected chi connectivity index (χ4v) is 2.46. The summed E-state index contributed by atoms with van der Waals surface area (Å²) in [4.78, 5) is 11.9. The molecule has 0 aliphatic rings. The van der Waals surface area contributed by atoms with E-state index < -0.39 is 0 Å². The second kappa shape index (κ2) is 8.76. The number of thioether (sulfide) groups is 1. The normalized spacial score (nSPS) is 13.1. The Kier molecular flexibility index (Phi) is 7.33. The zero-order valence-corrected chi connectivity index (χ0v) is 12.5. The molecule has 0 radical (unpaired) electrons. The topological polar surface area (TPSA) is 49.3 Å². The molecule has 0 spiro atoms. The van der Waals surface area contributed by atoms with Crippen LogP contribution < -0.4 is 5.32 Å². The van der Waals surface area contributed by atoms with Crippen LogP contribution in [-0.2, 0) is 4.79 Å². The number of aliphatic hydroxyl groups is 1. The van der Waals surface area contributed by atoms with E-state index >= 15 is 0 Å². The van der Waals surface area contributed by atoms with Gasteiger partial charge in [0.2, 0.25) is 5.91 Å². The predicted octanol–water partition coefficient (Wildman–Crippen LogP) is 2.46. The van der Waals surface area contributed by atoms with E-state index in [1.165, 1.54) is 18.2 Å². The van der Waals surface area contributed by atoms with Crippen LogP contribution in [0.5, 0.6) is 0 Å². The van der Waals surface area contributed by atoms with Gasteiger partial charge in [-0.25, -0.2) is 4.39 Å². The smallest absolute Gasteiger partial charge is 0.244 e. The van der Waals surface area contributed by atoms with E-state index in [4.69, 9.17) is 5.11 Å². The lowest BCUT2D eigenvalue weighted by atomic mass is 10.1. The van der Waals surface area contributed by atoms with Gasteiger partial charge < -0.3 is 10.4 Å². The summed E-state index contributed by atoms with van der Waals surface area (Å²) in [5, 5.41) is 11.8. The van der Waals surface area contributed by atoms with Crippen molar-refractivity contribution >= 4 is 23.2 Å². The maximum atomic E-state index is 13.1. The van der Waals surface area contributed by atoms with Gasteiger partial charge in [-0.1, -0.05) is 12.1 Å². The molecule has 5 heteroatoms. The second-order valence-electron chi connectivity index (χ2n) is 4.51. The minimum Gasteiger partial charge on any atom is -0.396 e. The molecule has 0 saturated carbocycles. The Hall–Kier alpha value is -1.33. The Morgan fingerprint density at radius 3 is 2.90 bits per heavy atom. The number of benzene rings is 1. The lowest BCUT2D eigenvalue weighted by molar-refractivity contribution is -0.117. The number of aliphatic hydroxyl groups excluding tert-OH is 1. The third kappa shape index (κ3) is 5.75. The molecule has 2 N–H and O–H groups in total. The monoisotopic (exact) mass is 297 g/mol. The van der Waals surface area contributed by atoms with Gasteiger partial charge in [-0.2, -0.15) is 11.8 Å². The lowest BCUT2D eigenvalue weighted by Crippen LogP contribution is -2.36. The summed E-state index contributed by atoms with van der Waals surface area (Å²) in [6.07, 6.45) is 3.93. The predicted molar refractivity (Wildman–Crippen MR) is 82.1 cm³/mol. The van der Waals surface area contributed by atoms with Gasteiger partial charge in [-0.15, -0.1) is 0 Å². The highest BCUT2D eigenvalue weighted by molar-refractivity contribution is 7.98. The van der Waals surface area contributed by atoms with Crippen molar-refractivity contribution in [1.29, 1.82) is 0 Å². The lowest BCUT2D eigenvalue weighted by Gasteiger charge is -2.15. The Morgan fingerprint density at radius 1 is 1.55 bits per heavy atom. The van der Waals surface area contributed by atoms with Crippen molar-refractivity contribution in [2.24, 2.45) is 0 Å². The molecule has 1 rings (SSSR count). The number of carbonyl (C=O) groups is 1. The van der Waals surface area contributed by atoms with E-state index in [2.05, 4.69) is 5.32 Å². The maximum absolute atomic E-state index is 13.1. The Bertz CT molecular complexity index is 471. The van der Waals surface area contributed by atoms with Crippen LogP contribution in [0.25, 0.3) is 5.57 Å². The third-order valence-corrected chi connectivity index (χ3v) is 3.56. The minimum absolute atomic E-state index is 0.0398. The quantitative estimate of drug-likeness (QED) is 0.760. The van der Waals surface area contributed by atoms with Gasteiger partial charge in [-0.05, 0) is 42.9 Å². The molecule has 1 aromatic rings. The van der Waals surface area contributed by atoms with Crippen LogP contribution in [0.4, 0.5) is 4.39 Å². The van der Waals surface area contributed by atoms with Gasteiger partial charge in [0.25, 0.3) is 0 Å². The van der Waals surface area contributed by atoms with Crippen molar-refractivity contribution in [1.82, 2.24) is 5.32 Å². The van der Waals surface area contributed by atoms with Gasteiger partial charge in [0, 0.05) is 24.5 Å². The minimum atomic E-state index is -0.323. The largest absolute Gasteiger partial charge is 0.396 e. The number of rotatable bonds is 7. The average Bonchev–Trinajstić information content (AvgIpc) is 2.39. The first-order chi connectivity index (χ1) is 9.56. The summed E-state index contributed by atoms with van der Waals surface area (Å²) in [5.41, 5.74) is 1.39. The standard InChI is InChI=1S/C15H20FNO2S/c1-11(12-4-3-5-13(16)9-12)8-15(19)17-14(6-7-18)10-20-2/h3-5,8-9,14,18H,6-7,10H2,1-2H3,(H,17,19)/b11-8-. The first kappa shape index (κ1) is 16.7. The Balaban J connectivity index is 2.69. The highest BCUT2D eigenvalue weighted by Gasteiger charge is 2.10. The van der Waals surface area contributed by atoms with E-state index in [0.29, 0.717) is 17.6 Å². The summed E-state index contributed by atoms with van der Waals surface area (Å²) in [5.74, 6) is 0.203. The van der Waals surface area contributed by atoms with Crippen molar-refractivity contribution < 1.29 is 14.3 Å². The molecule has 0 bridgehead atoms. The second-order valence-corrected chi connectivity index (χ2v) is 5.42. The van der Waals surface area contributed by atoms with Gasteiger partial charge in [0.1, 0.15) is 5.82 Å². The summed E-state index contributed by atoms with van der Waals surface area (Å²) < 4.78 is 13.1. The average molecular weight is 297 g/mol. The fourth-order valence-electron chi connectivity index (χ4n) is 1.81. The molecule has 1 atom stereocenters. The summed E-state index contributed by atoms with van der Waals surface area (Å²) in [6.45, 7) is 1.81. The first-order valence-electron chi connectivity index (χ1n) is 6.41. The van der Waals surface area contributed by atoms with Crippen molar-refractivity contribution in [3.63, 3.8) is 0 Å². The molecule has 0 saturated heterocycles. The fraction of sp³-hybridized carbons (Fsp3) is 0.400. The van der Waals surface area contributed by atoms with E-state index in [-0.39, 0.29) is 24.4 Å². The number of allylic oxidation sites excluding steroid dienone is 1. The summed E-state index contributed by atoms with van der Waals surface area (Å²) >= 11 is 1.61. The van der Waals surface area contributed by atoms with Crippen LogP contribution in [0.2, 0.25) is 0 Å². The van der Waals surface area contributed by atoms with Crippen LogP contribution in [0.3, 0.4) is 0 Å². The molecule has 20 heavy (non-hydrogen) atoms. The summed E-state index contributed by atoms with van der Waals surface area (Å²) in [7, 11) is 0. The number of amides is 1. The molecule has 0 aromatic heterocycles. The summed E-state index contributed by atoms with van der Waals surface area (Å²) in [6, 6.07) is 6.08. The third-order valence-electron chi connectivity index (χ3n) is 2.82. The molecule has 0 fully saturated rings. The highest BCUT2D eigenvalue weighted by Crippen LogP contribution is 2.14. The van der Waals surface area contributed by atoms with E-state index in [9.17, 15) is 9.18 Å². The van der Waals surface area contributed by atoms with Crippen molar-refractivity contribution in [3.05, 3.63) is 41.7 Å². The maximum Gasteiger partial charge on any atom is 0.244 e. The first-order valence-corrected chi connectivity index (χ1v) is 7.80. The number of hydrogen-bond donors (Lipinski definition) is 2. The zero-order chi connectivity index (χ0) is 15.0. The molecule has 0 aliphatic carbocycles. The molecular formula is C15H20FNO2S. The van der Waals surface area contributed by atoms with E-state index in [1.54, 1.807) is 30.8 Å². The highest BCUT2D eigenvalue weighted by atomic mass is 32.2. The van der Waals surface area contributed by atoms with E-state index in [1.807, 2.05) is 6.26 Å². The SMILES string of the molecule is CSCC(CCO)NC(=O)/C=C(/C)c1cccc(F)c1. The molecule has 0 heterocycles. The number of carbonyl (C=O) groups excluding carboxylic acids is 1. The van der Waals surface area contributed by atoms with Gasteiger partial charge in [0.15, 0.2) is 0 Å². The molecule has 1 unspecified atom stereocenters. The molecule has 0 aliphatic heterocycles. The van der Waals surface area contributed by atoms with Crippen molar-refractivity contribution in [2.45, 2.75) is 19.4 Å². The van der Waals surface area contributed by atoms with Gasteiger partial charge in [-0.3, -0.25) is 4.79 Å². The van der Waals surface area contributed by atoms with Crippen LogP contribution in [0, 0.1) is 5.82 Å². The number of halogens is 1. The van der Waals surface area contributed by atoms with Crippen molar-refractivity contribution in [2.75, 3.05) is 18.6 Å². The zero-order valence-electron chi connectivity index (χ0n) is 11.7. The Labute approximate surface area is 123 Å². The molecule has 1 amide bonds. The molecule has 1 aromatic carbocycles. The Morgan fingerprint density at radius 2 is 2.30 bits per heavy atom. The van der Waals surface area contributed by atoms with Crippen LogP contribution in [0.1, 0.15) is 18.9 Å². The molecule has 110 valence electrons. The molecule has 3 nitrogen and oxygen atoms in total. The van der Waals surface area contributed by atoms with Gasteiger partial charge >= 0.3 is 0 Å². The molecular weight excluding hydrogens is 277 g/mol. The van der Waals surface area contributed by atoms with Crippen molar-refractivity contribution in [3.8, 4) is 0 Å².